The Morgan fingerprint density at radius 3 is 2.60 bits per heavy atom. The summed E-state index contributed by atoms with van der Waals surface area (Å²) in [6.45, 7) is 4.22. The molecule has 0 aromatic carbocycles. The smallest absolute Gasteiger partial charge is 0.279 e. The fraction of sp³-hybridized carbons (Fsp3) is 0.500. The number of hydrogen-bond donors (Lipinski definition) is 0. The van der Waals surface area contributed by atoms with Gasteiger partial charge in [0.2, 0.25) is 0 Å². The second-order valence-electron chi connectivity index (χ2n) is 3.54. The van der Waals surface area contributed by atoms with Crippen LogP contribution in [0.15, 0.2) is 11.2 Å². The van der Waals surface area contributed by atoms with Crippen LogP contribution in [0.5, 0.6) is 0 Å². The van der Waals surface area contributed by atoms with Gasteiger partial charge in [0.25, 0.3) is 9.05 Å². The zero-order chi connectivity index (χ0) is 11.6. The van der Waals surface area contributed by atoms with Crippen molar-refractivity contribution in [3.63, 3.8) is 0 Å². The molecule has 0 bridgehead atoms. The Bertz CT molecular complexity index is 464. The van der Waals surface area contributed by atoms with Crippen LogP contribution in [0.3, 0.4) is 0 Å². The molecule has 0 unspecified atom stereocenters. The molecule has 1 heterocycles. The predicted octanol–water partition coefficient (Wildman–Crippen LogP) is 1.28. The Morgan fingerprint density at radius 1 is 1.60 bits per heavy atom. The first kappa shape index (κ1) is 12.2. The van der Waals surface area contributed by atoms with Crippen molar-refractivity contribution < 1.29 is 13.2 Å². The summed E-state index contributed by atoms with van der Waals surface area (Å²) in [4.78, 5) is 10.6. The molecule has 0 saturated carbocycles. The van der Waals surface area contributed by atoms with Crippen molar-refractivity contribution >= 4 is 26.0 Å². The number of carbonyl (C=O) groups is 1. The lowest BCUT2D eigenvalue weighted by Gasteiger charge is -2.07. The minimum Gasteiger partial charge on any atom is -0.298 e. The van der Waals surface area contributed by atoms with E-state index < -0.39 is 9.05 Å². The average Bonchev–Trinajstić information content (AvgIpc) is 2.45. The van der Waals surface area contributed by atoms with Crippen molar-refractivity contribution in [3.8, 4) is 0 Å². The predicted molar refractivity (Wildman–Crippen MR) is 55.5 cm³/mol. The van der Waals surface area contributed by atoms with Crippen LogP contribution < -0.4 is 0 Å². The highest BCUT2D eigenvalue weighted by Gasteiger charge is 2.22. The van der Waals surface area contributed by atoms with Gasteiger partial charge in [0.1, 0.15) is 0 Å². The van der Waals surface area contributed by atoms with E-state index in [1.807, 2.05) is 13.8 Å². The van der Waals surface area contributed by atoms with E-state index in [-0.39, 0.29) is 16.5 Å². The normalized spacial score (nSPS) is 12.0. The van der Waals surface area contributed by atoms with Gasteiger partial charge in [0, 0.05) is 17.2 Å². The number of nitrogens with zero attached hydrogens (tertiary/aromatic N) is 2. The summed E-state index contributed by atoms with van der Waals surface area (Å²) < 4.78 is 23.7. The largest absolute Gasteiger partial charge is 0.298 e. The van der Waals surface area contributed by atoms with Gasteiger partial charge in [-0.05, 0) is 5.92 Å². The minimum absolute atomic E-state index is 0.00866. The summed E-state index contributed by atoms with van der Waals surface area (Å²) >= 11 is 0. The highest BCUT2D eigenvalue weighted by atomic mass is 35.7. The van der Waals surface area contributed by atoms with E-state index in [9.17, 15) is 13.2 Å². The molecule has 1 aromatic heterocycles. The standard InChI is InChI=1S/C8H11ClN2O3S/c1-6(2)4-11-8(15(9,13)14)7(5-12)3-10-11/h3,5-6H,4H2,1-2H3. The second-order valence-corrected chi connectivity index (χ2v) is 6.02. The molecule has 5 nitrogen and oxygen atoms in total. The maximum absolute atomic E-state index is 11.2. The van der Waals surface area contributed by atoms with E-state index in [2.05, 4.69) is 5.10 Å². The van der Waals surface area contributed by atoms with Gasteiger partial charge < -0.3 is 0 Å². The number of rotatable bonds is 4. The summed E-state index contributed by atoms with van der Waals surface area (Å²) in [5, 5.41) is 3.59. The summed E-state index contributed by atoms with van der Waals surface area (Å²) in [5.74, 6) is 0.210. The molecule has 84 valence electrons. The Hall–Kier alpha value is -0.880. The molecule has 0 spiro atoms. The molecule has 15 heavy (non-hydrogen) atoms. The van der Waals surface area contributed by atoms with Gasteiger partial charge in [-0.1, -0.05) is 13.8 Å². The van der Waals surface area contributed by atoms with Gasteiger partial charge >= 0.3 is 0 Å². The first-order valence-corrected chi connectivity index (χ1v) is 6.63. The van der Waals surface area contributed by atoms with Gasteiger partial charge in [0.05, 0.1) is 11.8 Å². The topological polar surface area (TPSA) is 69.0 Å². The summed E-state index contributed by atoms with van der Waals surface area (Å²) in [6.07, 6.45) is 1.63. The minimum atomic E-state index is -3.94. The number of carbonyl (C=O) groups excluding carboxylic acids is 1. The lowest BCUT2D eigenvalue weighted by Crippen LogP contribution is -2.12. The quantitative estimate of drug-likeness (QED) is 0.596. The van der Waals surface area contributed by atoms with E-state index in [1.54, 1.807) is 0 Å². The van der Waals surface area contributed by atoms with Crippen molar-refractivity contribution in [1.29, 1.82) is 0 Å². The van der Waals surface area contributed by atoms with Gasteiger partial charge in [0.15, 0.2) is 11.3 Å². The average molecular weight is 251 g/mol. The molecule has 0 aliphatic heterocycles. The van der Waals surface area contributed by atoms with Crippen LogP contribution in [0.1, 0.15) is 24.2 Å². The van der Waals surface area contributed by atoms with Crippen molar-refractivity contribution in [2.45, 2.75) is 25.4 Å². The van der Waals surface area contributed by atoms with Gasteiger partial charge in [-0.15, -0.1) is 0 Å². The van der Waals surface area contributed by atoms with E-state index in [1.165, 1.54) is 10.9 Å². The maximum Gasteiger partial charge on any atom is 0.279 e. The van der Waals surface area contributed by atoms with Crippen molar-refractivity contribution in [2.75, 3.05) is 0 Å². The Balaban J connectivity index is 3.30. The van der Waals surface area contributed by atoms with Crippen LogP contribution in [0, 0.1) is 5.92 Å². The SMILES string of the molecule is CC(C)Cn1ncc(C=O)c1S(=O)(=O)Cl. The zero-order valence-corrected chi connectivity index (χ0v) is 9.92. The molecule has 0 saturated heterocycles. The molecular formula is C8H11ClN2O3S. The summed E-state index contributed by atoms with van der Waals surface area (Å²) in [7, 11) is 1.29. The van der Waals surface area contributed by atoms with Crippen LogP contribution in [0.25, 0.3) is 0 Å². The van der Waals surface area contributed by atoms with E-state index in [0.29, 0.717) is 12.8 Å². The molecule has 1 rings (SSSR count). The maximum atomic E-state index is 11.2. The second kappa shape index (κ2) is 4.32. The van der Waals surface area contributed by atoms with Crippen molar-refractivity contribution in [1.82, 2.24) is 9.78 Å². The van der Waals surface area contributed by atoms with E-state index in [4.69, 9.17) is 10.7 Å². The van der Waals surface area contributed by atoms with Crippen molar-refractivity contribution in [2.24, 2.45) is 5.92 Å². The molecule has 1 aromatic rings. The van der Waals surface area contributed by atoms with Gasteiger partial charge in [-0.2, -0.15) is 5.10 Å². The molecule has 0 aliphatic carbocycles. The third kappa shape index (κ3) is 2.79. The molecule has 7 heteroatoms. The van der Waals surface area contributed by atoms with Gasteiger partial charge in [-0.25, -0.2) is 8.42 Å². The lowest BCUT2D eigenvalue weighted by atomic mass is 10.2. The Labute approximate surface area is 92.5 Å². The zero-order valence-electron chi connectivity index (χ0n) is 8.34. The van der Waals surface area contributed by atoms with Crippen LogP contribution in [-0.2, 0) is 15.6 Å². The lowest BCUT2D eigenvalue weighted by molar-refractivity contribution is 0.112. The molecule has 0 N–H and O–H groups in total. The molecule has 0 amide bonds. The highest BCUT2D eigenvalue weighted by molar-refractivity contribution is 8.13. The Kier molecular flexibility index (Phi) is 3.51. The van der Waals surface area contributed by atoms with E-state index in [0.717, 1.165) is 0 Å². The number of halogens is 1. The molecule has 0 atom stereocenters. The molecule has 0 radical (unpaired) electrons. The first-order valence-electron chi connectivity index (χ1n) is 4.32. The van der Waals surface area contributed by atoms with E-state index >= 15 is 0 Å². The van der Waals surface area contributed by atoms with Crippen LogP contribution >= 0.6 is 10.7 Å². The molecule has 0 aliphatic rings. The van der Waals surface area contributed by atoms with Crippen LogP contribution in [0.2, 0.25) is 0 Å². The van der Waals surface area contributed by atoms with Gasteiger partial charge in [-0.3, -0.25) is 9.48 Å². The highest BCUT2D eigenvalue weighted by Crippen LogP contribution is 2.19. The molecular weight excluding hydrogens is 240 g/mol. The number of aromatic nitrogens is 2. The van der Waals surface area contributed by atoms with Crippen LogP contribution in [0.4, 0.5) is 0 Å². The fourth-order valence-corrected chi connectivity index (χ4v) is 2.47. The third-order valence-electron chi connectivity index (χ3n) is 1.71. The molecule has 0 fully saturated rings. The van der Waals surface area contributed by atoms with Crippen molar-refractivity contribution in [3.05, 3.63) is 11.8 Å². The fourth-order valence-electron chi connectivity index (χ4n) is 1.21. The number of hydrogen-bond acceptors (Lipinski definition) is 4. The van der Waals surface area contributed by atoms with Crippen LogP contribution in [-0.4, -0.2) is 24.5 Å². The monoisotopic (exact) mass is 250 g/mol. The third-order valence-corrected chi connectivity index (χ3v) is 3.06. The summed E-state index contributed by atoms with van der Waals surface area (Å²) in [6, 6.07) is 0. The Morgan fingerprint density at radius 2 is 2.20 bits per heavy atom. The number of aldehydes is 1. The summed E-state index contributed by atoms with van der Waals surface area (Å²) in [5.41, 5.74) is -0.00866. The first-order chi connectivity index (χ1) is 6.86.